The van der Waals surface area contributed by atoms with Gasteiger partial charge in [-0.05, 0) is 75.3 Å². The van der Waals surface area contributed by atoms with Crippen molar-refractivity contribution in [3.63, 3.8) is 0 Å². The van der Waals surface area contributed by atoms with Crippen LogP contribution >= 0.6 is 0 Å². The predicted molar refractivity (Wildman–Crippen MR) is 198 cm³/mol. The summed E-state index contributed by atoms with van der Waals surface area (Å²) in [6, 6.07) is 66.0. The molecular formula is C46H30N2. The molecule has 10 rings (SSSR count). The fraction of sp³-hybridized carbons (Fsp3) is 0.0217. The molecule has 2 heteroatoms. The normalized spacial score (nSPS) is 13.5. The summed E-state index contributed by atoms with van der Waals surface area (Å²) in [5, 5.41) is 1.14. The highest BCUT2D eigenvalue weighted by molar-refractivity contribution is 5.98. The van der Waals surface area contributed by atoms with Crippen molar-refractivity contribution in [1.29, 1.82) is 0 Å². The van der Waals surface area contributed by atoms with Gasteiger partial charge in [0, 0.05) is 22.2 Å². The Morgan fingerprint density at radius 1 is 0.396 bits per heavy atom. The molecule has 0 saturated carbocycles. The second-order valence-corrected chi connectivity index (χ2v) is 12.7. The number of hydrogen-bond acceptors (Lipinski definition) is 2. The fourth-order valence-corrected chi connectivity index (χ4v) is 8.28. The molecule has 2 heterocycles. The van der Waals surface area contributed by atoms with Gasteiger partial charge in [0.15, 0.2) is 0 Å². The summed E-state index contributed by atoms with van der Waals surface area (Å²) in [5.74, 6) is 0. The first-order valence-electron chi connectivity index (χ1n) is 16.6. The topological polar surface area (TPSA) is 16.1 Å². The van der Waals surface area contributed by atoms with E-state index in [1.54, 1.807) is 0 Å². The molecule has 0 amide bonds. The highest BCUT2D eigenvalue weighted by atomic mass is 15.2. The summed E-state index contributed by atoms with van der Waals surface area (Å²) >= 11 is 0. The van der Waals surface area contributed by atoms with Crippen LogP contribution in [0.4, 0.5) is 17.1 Å². The molecule has 2 nitrogen and oxygen atoms in total. The van der Waals surface area contributed by atoms with Crippen molar-refractivity contribution in [2.75, 3.05) is 4.90 Å². The number of para-hydroxylation sites is 4. The SMILES string of the molecule is c1ccc(-c2cccc3ccc(-c4ccc5c(c4)-c4ccccc4C54c5ccccc5N(c5ccccc5)c5ccccc54)nc23)cc1. The van der Waals surface area contributed by atoms with Gasteiger partial charge in [0.25, 0.3) is 0 Å². The minimum absolute atomic E-state index is 0.458. The van der Waals surface area contributed by atoms with Gasteiger partial charge in [0.1, 0.15) is 0 Å². The highest BCUT2D eigenvalue weighted by Gasteiger charge is 2.51. The van der Waals surface area contributed by atoms with Gasteiger partial charge < -0.3 is 4.90 Å². The van der Waals surface area contributed by atoms with Crippen molar-refractivity contribution in [2.45, 2.75) is 5.41 Å². The Bertz CT molecular complexity index is 2470. The van der Waals surface area contributed by atoms with Gasteiger partial charge >= 0.3 is 0 Å². The molecule has 8 aromatic rings. The quantitative estimate of drug-likeness (QED) is 0.198. The molecular weight excluding hydrogens is 581 g/mol. The Morgan fingerprint density at radius 2 is 1.00 bits per heavy atom. The van der Waals surface area contributed by atoms with Crippen molar-refractivity contribution in [2.24, 2.45) is 0 Å². The Hall–Kier alpha value is -6.25. The third kappa shape index (κ3) is 3.72. The van der Waals surface area contributed by atoms with Gasteiger partial charge in [-0.3, -0.25) is 0 Å². The largest absolute Gasteiger partial charge is 0.310 e. The van der Waals surface area contributed by atoms with Crippen LogP contribution in [0.15, 0.2) is 182 Å². The molecule has 1 aromatic heterocycles. The summed E-state index contributed by atoms with van der Waals surface area (Å²) in [4.78, 5) is 7.74. The maximum absolute atomic E-state index is 5.32. The molecule has 0 N–H and O–H groups in total. The Kier molecular flexibility index (Phi) is 5.82. The van der Waals surface area contributed by atoms with Crippen LogP contribution < -0.4 is 4.90 Å². The van der Waals surface area contributed by atoms with Gasteiger partial charge in [-0.1, -0.05) is 146 Å². The van der Waals surface area contributed by atoms with Crippen molar-refractivity contribution in [3.8, 4) is 33.5 Å². The molecule has 48 heavy (non-hydrogen) atoms. The van der Waals surface area contributed by atoms with Gasteiger partial charge in [-0.15, -0.1) is 0 Å². The Balaban J connectivity index is 1.22. The molecule has 0 unspecified atom stereocenters. The summed E-state index contributed by atoms with van der Waals surface area (Å²) in [6.45, 7) is 0. The number of anilines is 3. The molecule has 224 valence electrons. The van der Waals surface area contributed by atoms with Gasteiger partial charge in [-0.2, -0.15) is 0 Å². The van der Waals surface area contributed by atoms with Crippen molar-refractivity contribution < 1.29 is 0 Å². The number of benzene rings is 7. The van der Waals surface area contributed by atoms with Crippen molar-refractivity contribution in [3.05, 3.63) is 204 Å². The molecule has 0 radical (unpaired) electrons. The maximum Gasteiger partial charge on any atom is 0.0787 e. The van der Waals surface area contributed by atoms with Gasteiger partial charge in [-0.25, -0.2) is 4.98 Å². The maximum atomic E-state index is 5.32. The van der Waals surface area contributed by atoms with E-state index >= 15 is 0 Å². The lowest BCUT2D eigenvalue weighted by molar-refractivity contribution is 0.752. The number of nitrogens with zero attached hydrogens (tertiary/aromatic N) is 2. The van der Waals surface area contributed by atoms with Crippen LogP contribution in [0.3, 0.4) is 0 Å². The van der Waals surface area contributed by atoms with Crippen LogP contribution in [-0.4, -0.2) is 4.98 Å². The smallest absolute Gasteiger partial charge is 0.0787 e. The zero-order valence-electron chi connectivity index (χ0n) is 26.2. The first-order valence-corrected chi connectivity index (χ1v) is 16.6. The zero-order valence-corrected chi connectivity index (χ0v) is 26.2. The number of hydrogen-bond donors (Lipinski definition) is 0. The predicted octanol–water partition coefficient (Wildman–Crippen LogP) is 11.7. The Labute approximate surface area is 280 Å². The van der Waals surface area contributed by atoms with E-state index in [1.807, 2.05) is 0 Å². The minimum Gasteiger partial charge on any atom is -0.310 e. The summed E-state index contributed by atoms with van der Waals surface area (Å²) in [5.41, 5.74) is 16.3. The molecule has 1 aliphatic carbocycles. The molecule has 7 aromatic carbocycles. The van der Waals surface area contributed by atoms with E-state index < -0.39 is 5.41 Å². The van der Waals surface area contributed by atoms with E-state index in [0.717, 1.165) is 33.4 Å². The van der Waals surface area contributed by atoms with Crippen LogP contribution in [0.1, 0.15) is 22.3 Å². The van der Waals surface area contributed by atoms with E-state index in [2.05, 4.69) is 187 Å². The standard InChI is InChI=1S/C46H30N2/c1-3-14-31(15-4-1)35-20-13-16-32-27-29-42(47-45(32)35)33-26-28-39-37(30-33)36-19-7-8-21-38(36)46(39)40-22-9-11-24-43(40)48(34-17-5-2-6-18-34)44-25-12-10-23-41(44)46/h1-30H. The van der Waals surface area contributed by atoms with E-state index in [4.69, 9.17) is 4.98 Å². The lowest BCUT2D eigenvalue weighted by Gasteiger charge is -2.45. The first-order chi connectivity index (χ1) is 23.8. The summed E-state index contributed by atoms with van der Waals surface area (Å²) < 4.78 is 0. The zero-order chi connectivity index (χ0) is 31.7. The monoisotopic (exact) mass is 610 g/mol. The van der Waals surface area contributed by atoms with Crippen LogP contribution in [0, 0.1) is 0 Å². The molecule has 1 spiro atoms. The van der Waals surface area contributed by atoms with E-state index in [1.165, 1.54) is 50.3 Å². The van der Waals surface area contributed by atoms with E-state index in [0.29, 0.717) is 0 Å². The molecule has 0 atom stereocenters. The van der Waals surface area contributed by atoms with Crippen LogP contribution in [0.2, 0.25) is 0 Å². The fourth-order valence-electron chi connectivity index (χ4n) is 8.28. The third-order valence-corrected chi connectivity index (χ3v) is 10.3. The molecule has 0 fully saturated rings. The second-order valence-electron chi connectivity index (χ2n) is 12.7. The molecule has 1 aliphatic heterocycles. The molecule has 0 saturated heterocycles. The summed E-state index contributed by atoms with van der Waals surface area (Å²) in [7, 11) is 0. The lowest BCUT2D eigenvalue weighted by atomic mass is 9.64. The second kappa shape index (κ2) is 10.4. The lowest BCUT2D eigenvalue weighted by Crippen LogP contribution is -2.36. The van der Waals surface area contributed by atoms with Crippen LogP contribution in [-0.2, 0) is 5.41 Å². The van der Waals surface area contributed by atoms with E-state index in [-0.39, 0.29) is 0 Å². The molecule has 2 aliphatic rings. The highest BCUT2D eigenvalue weighted by Crippen LogP contribution is 2.63. The Morgan fingerprint density at radius 3 is 1.75 bits per heavy atom. The first kappa shape index (κ1) is 26.9. The van der Waals surface area contributed by atoms with Crippen molar-refractivity contribution in [1.82, 2.24) is 4.98 Å². The average Bonchev–Trinajstić information content (AvgIpc) is 3.45. The number of rotatable bonds is 3. The number of aromatic nitrogens is 1. The number of fused-ring (bicyclic) bond motifs is 10. The van der Waals surface area contributed by atoms with Crippen LogP contribution in [0.5, 0.6) is 0 Å². The van der Waals surface area contributed by atoms with Gasteiger partial charge in [0.2, 0.25) is 0 Å². The van der Waals surface area contributed by atoms with Crippen molar-refractivity contribution >= 4 is 28.0 Å². The average molecular weight is 611 g/mol. The third-order valence-electron chi connectivity index (χ3n) is 10.3. The van der Waals surface area contributed by atoms with E-state index in [9.17, 15) is 0 Å². The minimum atomic E-state index is -0.458. The number of pyridine rings is 1. The summed E-state index contributed by atoms with van der Waals surface area (Å²) in [6.07, 6.45) is 0. The molecule has 0 bridgehead atoms. The van der Waals surface area contributed by atoms with Gasteiger partial charge in [0.05, 0.1) is 28.0 Å². The van der Waals surface area contributed by atoms with Crippen LogP contribution in [0.25, 0.3) is 44.4 Å².